The first-order valence-corrected chi connectivity index (χ1v) is 5.81. The highest BCUT2D eigenvalue weighted by molar-refractivity contribution is 5.90. The maximum Gasteiger partial charge on any atom is 0.240 e. The summed E-state index contributed by atoms with van der Waals surface area (Å²) in [4.78, 5) is 10.7. The molecule has 1 aromatic heterocycles. The molecule has 4 heteroatoms. The largest absolute Gasteiger partial charge is 0.476 e. The van der Waals surface area contributed by atoms with Crippen molar-refractivity contribution in [2.75, 3.05) is 6.61 Å². The lowest BCUT2D eigenvalue weighted by atomic mass is 10.2. The maximum atomic E-state index is 10.7. The van der Waals surface area contributed by atoms with Crippen molar-refractivity contribution in [1.29, 1.82) is 0 Å². The quantitative estimate of drug-likeness (QED) is 0.588. The zero-order chi connectivity index (χ0) is 12.3. The second-order valence-corrected chi connectivity index (χ2v) is 4.03. The third kappa shape index (κ3) is 2.30. The van der Waals surface area contributed by atoms with Crippen LogP contribution in [0.3, 0.4) is 0 Å². The van der Waals surface area contributed by atoms with Crippen molar-refractivity contribution in [3.05, 3.63) is 23.8 Å². The van der Waals surface area contributed by atoms with E-state index in [1.165, 1.54) is 0 Å². The van der Waals surface area contributed by atoms with Crippen LogP contribution in [-0.4, -0.2) is 22.7 Å². The summed E-state index contributed by atoms with van der Waals surface area (Å²) in [5.41, 5.74) is 1.57. The van der Waals surface area contributed by atoms with E-state index >= 15 is 0 Å². The van der Waals surface area contributed by atoms with Gasteiger partial charge in [-0.25, -0.2) is 0 Å². The predicted octanol–water partition coefficient (Wildman–Crippen LogP) is 2.56. The summed E-state index contributed by atoms with van der Waals surface area (Å²) in [5, 5.41) is 5.27. The molecule has 0 atom stereocenters. The van der Waals surface area contributed by atoms with Gasteiger partial charge in [0, 0.05) is 12.6 Å². The lowest BCUT2D eigenvalue weighted by molar-refractivity contribution is 0.112. The summed E-state index contributed by atoms with van der Waals surface area (Å²) in [5.74, 6) is 0.647. The summed E-state index contributed by atoms with van der Waals surface area (Å²) in [7, 11) is 1.85. The van der Waals surface area contributed by atoms with Gasteiger partial charge in [-0.05, 0) is 18.6 Å². The average Bonchev–Trinajstić information content (AvgIpc) is 2.66. The third-order valence-electron chi connectivity index (χ3n) is 2.71. The lowest BCUT2D eigenvalue weighted by Gasteiger charge is -2.01. The van der Waals surface area contributed by atoms with Gasteiger partial charge in [-0.3, -0.25) is 9.48 Å². The Kier molecular flexibility index (Phi) is 3.42. The van der Waals surface area contributed by atoms with Gasteiger partial charge in [0.25, 0.3) is 0 Å². The van der Waals surface area contributed by atoms with Gasteiger partial charge in [-0.1, -0.05) is 19.4 Å². The molecule has 0 fully saturated rings. The van der Waals surface area contributed by atoms with Crippen molar-refractivity contribution < 1.29 is 9.53 Å². The molecular formula is C13H16N2O2. The Hall–Kier alpha value is -1.84. The van der Waals surface area contributed by atoms with Crippen LogP contribution < -0.4 is 4.74 Å². The Labute approximate surface area is 100 Å². The van der Waals surface area contributed by atoms with Crippen LogP contribution >= 0.6 is 0 Å². The monoisotopic (exact) mass is 232 g/mol. The highest BCUT2D eigenvalue weighted by Crippen LogP contribution is 2.25. The number of carbonyl (C=O) groups is 1. The van der Waals surface area contributed by atoms with Crippen LogP contribution in [0.15, 0.2) is 18.2 Å². The van der Waals surface area contributed by atoms with E-state index in [1.54, 1.807) is 10.7 Å². The topological polar surface area (TPSA) is 44.1 Å². The number of aldehydes is 1. The Morgan fingerprint density at radius 1 is 1.47 bits per heavy atom. The molecule has 0 unspecified atom stereocenters. The van der Waals surface area contributed by atoms with Crippen molar-refractivity contribution in [2.45, 2.75) is 19.8 Å². The predicted molar refractivity (Wildman–Crippen MR) is 66.5 cm³/mol. The van der Waals surface area contributed by atoms with Gasteiger partial charge in [0.1, 0.15) is 6.29 Å². The summed E-state index contributed by atoms with van der Waals surface area (Å²) in [6, 6.07) is 5.49. The third-order valence-corrected chi connectivity index (χ3v) is 2.71. The van der Waals surface area contributed by atoms with Gasteiger partial charge in [0.05, 0.1) is 17.5 Å². The molecule has 1 aromatic carbocycles. The molecule has 0 spiro atoms. The van der Waals surface area contributed by atoms with Crippen LogP contribution in [0.4, 0.5) is 0 Å². The van der Waals surface area contributed by atoms with Gasteiger partial charge in [0.2, 0.25) is 5.88 Å². The Morgan fingerprint density at radius 3 is 3.00 bits per heavy atom. The van der Waals surface area contributed by atoms with Gasteiger partial charge in [-0.15, -0.1) is 5.10 Å². The molecule has 0 aliphatic heterocycles. The summed E-state index contributed by atoms with van der Waals surface area (Å²) >= 11 is 0. The van der Waals surface area contributed by atoms with Crippen molar-refractivity contribution in [3.63, 3.8) is 0 Å². The molecule has 0 radical (unpaired) electrons. The minimum atomic E-state index is 0.647. The SMILES string of the molecule is CCCCOc1nn(C)c2cc(C=O)ccc12. The number of hydrogen-bond donors (Lipinski definition) is 0. The normalized spacial score (nSPS) is 10.7. The van der Waals surface area contributed by atoms with E-state index in [0.717, 1.165) is 30.0 Å². The summed E-state index contributed by atoms with van der Waals surface area (Å²) in [6.45, 7) is 2.80. The molecule has 0 aliphatic rings. The zero-order valence-electron chi connectivity index (χ0n) is 10.1. The van der Waals surface area contributed by atoms with Crippen LogP contribution in [-0.2, 0) is 7.05 Å². The molecule has 90 valence electrons. The van der Waals surface area contributed by atoms with Crippen molar-refractivity contribution >= 4 is 17.2 Å². The van der Waals surface area contributed by atoms with E-state index in [0.29, 0.717) is 18.1 Å². The van der Waals surface area contributed by atoms with Crippen LogP contribution in [0.25, 0.3) is 10.9 Å². The number of aryl methyl sites for hydroxylation is 1. The van der Waals surface area contributed by atoms with E-state index in [9.17, 15) is 4.79 Å². The summed E-state index contributed by atoms with van der Waals surface area (Å²) in [6.07, 6.45) is 2.95. The van der Waals surface area contributed by atoms with Crippen LogP contribution in [0.1, 0.15) is 30.1 Å². The number of aromatic nitrogens is 2. The second-order valence-electron chi connectivity index (χ2n) is 4.03. The molecule has 0 aliphatic carbocycles. The molecule has 1 heterocycles. The molecule has 2 rings (SSSR count). The molecule has 2 aromatic rings. The summed E-state index contributed by atoms with van der Waals surface area (Å²) < 4.78 is 7.37. The number of fused-ring (bicyclic) bond motifs is 1. The molecule has 17 heavy (non-hydrogen) atoms. The van der Waals surface area contributed by atoms with Crippen LogP contribution in [0, 0.1) is 0 Å². The zero-order valence-corrected chi connectivity index (χ0v) is 10.1. The van der Waals surface area contributed by atoms with E-state index < -0.39 is 0 Å². The fourth-order valence-electron chi connectivity index (χ4n) is 1.73. The molecule has 0 saturated carbocycles. The van der Waals surface area contributed by atoms with E-state index in [-0.39, 0.29) is 0 Å². The standard InChI is InChI=1S/C13H16N2O2/c1-3-4-7-17-13-11-6-5-10(9-16)8-12(11)15(2)14-13/h5-6,8-9H,3-4,7H2,1-2H3. The number of hydrogen-bond acceptors (Lipinski definition) is 3. The molecule has 4 nitrogen and oxygen atoms in total. The first kappa shape index (κ1) is 11.6. The average molecular weight is 232 g/mol. The number of nitrogens with zero attached hydrogens (tertiary/aromatic N) is 2. The molecule has 0 saturated heterocycles. The van der Waals surface area contributed by atoms with E-state index in [2.05, 4.69) is 12.0 Å². The number of unbranched alkanes of at least 4 members (excludes halogenated alkanes) is 1. The van der Waals surface area contributed by atoms with Crippen molar-refractivity contribution in [1.82, 2.24) is 9.78 Å². The molecule has 0 bridgehead atoms. The fourth-order valence-corrected chi connectivity index (χ4v) is 1.73. The highest BCUT2D eigenvalue weighted by atomic mass is 16.5. The first-order valence-electron chi connectivity index (χ1n) is 5.81. The van der Waals surface area contributed by atoms with Crippen LogP contribution in [0.5, 0.6) is 5.88 Å². The number of benzene rings is 1. The number of rotatable bonds is 5. The number of carbonyl (C=O) groups excluding carboxylic acids is 1. The van der Waals surface area contributed by atoms with Crippen LogP contribution in [0.2, 0.25) is 0 Å². The van der Waals surface area contributed by atoms with E-state index in [4.69, 9.17) is 4.74 Å². The number of ether oxygens (including phenoxy) is 1. The van der Waals surface area contributed by atoms with Gasteiger partial charge in [-0.2, -0.15) is 0 Å². The smallest absolute Gasteiger partial charge is 0.240 e. The maximum absolute atomic E-state index is 10.7. The van der Waals surface area contributed by atoms with Gasteiger partial charge >= 0.3 is 0 Å². The lowest BCUT2D eigenvalue weighted by Crippen LogP contribution is -1.98. The van der Waals surface area contributed by atoms with Gasteiger partial charge in [0.15, 0.2) is 0 Å². The minimum absolute atomic E-state index is 0.647. The molecule has 0 N–H and O–H groups in total. The molecule has 0 amide bonds. The van der Waals surface area contributed by atoms with Gasteiger partial charge < -0.3 is 4.74 Å². The minimum Gasteiger partial charge on any atom is -0.476 e. The fraction of sp³-hybridized carbons (Fsp3) is 0.385. The Bertz CT molecular complexity index is 531. The second kappa shape index (κ2) is 4.99. The first-order chi connectivity index (χ1) is 8.26. The van der Waals surface area contributed by atoms with Crippen molar-refractivity contribution in [2.24, 2.45) is 7.05 Å². The highest BCUT2D eigenvalue weighted by Gasteiger charge is 2.09. The Morgan fingerprint density at radius 2 is 2.29 bits per heavy atom. The Balaban J connectivity index is 2.34. The van der Waals surface area contributed by atoms with Crippen molar-refractivity contribution in [3.8, 4) is 5.88 Å². The van der Waals surface area contributed by atoms with E-state index in [1.807, 2.05) is 19.2 Å². The molecular weight excluding hydrogens is 216 g/mol.